The molecule has 4 heteroatoms. The van der Waals surface area contributed by atoms with Gasteiger partial charge in [0, 0.05) is 12.8 Å². The largest absolute Gasteiger partial charge is 0.444 e. The summed E-state index contributed by atoms with van der Waals surface area (Å²) in [6, 6.07) is -0.192. The number of ketones is 1. The van der Waals surface area contributed by atoms with Crippen LogP contribution >= 0.6 is 0 Å². The first-order valence-electron chi connectivity index (χ1n) is 5.58. The second kappa shape index (κ2) is 3.61. The number of hydrogen-bond acceptors (Lipinski definition) is 3. The number of rotatable bonds is 0. The van der Waals surface area contributed by atoms with Crippen LogP contribution in [-0.4, -0.2) is 34.5 Å². The van der Waals surface area contributed by atoms with Crippen molar-refractivity contribution in [1.29, 1.82) is 0 Å². The molecular weight excluding hydrogens is 206 g/mol. The summed E-state index contributed by atoms with van der Waals surface area (Å²) < 4.78 is 5.33. The van der Waals surface area contributed by atoms with Gasteiger partial charge < -0.3 is 4.74 Å². The van der Waals surface area contributed by atoms with Crippen LogP contribution in [0.3, 0.4) is 0 Å². The van der Waals surface area contributed by atoms with Crippen molar-refractivity contribution in [3.05, 3.63) is 12.2 Å². The minimum Gasteiger partial charge on any atom is -0.444 e. The zero-order valence-electron chi connectivity index (χ0n) is 9.90. The molecule has 16 heavy (non-hydrogen) atoms. The van der Waals surface area contributed by atoms with Crippen LogP contribution < -0.4 is 0 Å². The Morgan fingerprint density at radius 2 is 1.81 bits per heavy atom. The van der Waals surface area contributed by atoms with E-state index in [4.69, 9.17) is 4.74 Å². The highest BCUT2D eigenvalue weighted by Crippen LogP contribution is 2.29. The number of Topliss-reactive ketones (excluding diaryl/α,β-unsaturated/α-hetero) is 1. The zero-order chi connectivity index (χ0) is 11.9. The highest BCUT2D eigenvalue weighted by atomic mass is 16.6. The molecule has 2 atom stereocenters. The molecule has 0 radical (unpaired) electrons. The van der Waals surface area contributed by atoms with E-state index in [1.807, 2.05) is 32.9 Å². The maximum atomic E-state index is 11.9. The Bertz CT molecular complexity index is 336. The van der Waals surface area contributed by atoms with E-state index in [1.165, 1.54) is 0 Å². The van der Waals surface area contributed by atoms with Crippen LogP contribution in [0.2, 0.25) is 0 Å². The molecule has 0 aliphatic carbocycles. The molecule has 0 aromatic rings. The predicted octanol–water partition coefficient (Wildman–Crippen LogP) is 1.89. The van der Waals surface area contributed by atoms with Gasteiger partial charge in [-0.05, 0) is 20.8 Å². The van der Waals surface area contributed by atoms with E-state index < -0.39 is 5.60 Å². The molecule has 1 amide bonds. The van der Waals surface area contributed by atoms with E-state index in [9.17, 15) is 9.59 Å². The third-order valence-electron chi connectivity index (χ3n) is 2.75. The number of amides is 1. The van der Waals surface area contributed by atoms with Gasteiger partial charge in [-0.3, -0.25) is 9.69 Å². The van der Waals surface area contributed by atoms with Gasteiger partial charge in [0.15, 0.2) is 0 Å². The standard InChI is InChI=1S/C12H17NO3/c1-12(2,3)16-11(15)13-8-4-5-9(13)7-10(14)6-8/h4-5,8-9H,6-7H2,1-3H3/t8-,9-/m1/s1. The average molecular weight is 223 g/mol. The van der Waals surface area contributed by atoms with Crippen LogP contribution in [0.1, 0.15) is 33.6 Å². The van der Waals surface area contributed by atoms with Gasteiger partial charge >= 0.3 is 6.09 Å². The molecule has 88 valence electrons. The van der Waals surface area contributed by atoms with Crippen molar-refractivity contribution < 1.29 is 14.3 Å². The van der Waals surface area contributed by atoms with Gasteiger partial charge in [-0.25, -0.2) is 4.79 Å². The summed E-state index contributed by atoms with van der Waals surface area (Å²) in [5, 5.41) is 0. The Kier molecular flexibility index (Phi) is 2.52. The predicted molar refractivity (Wildman–Crippen MR) is 59.0 cm³/mol. The normalized spacial score (nSPS) is 28.4. The molecule has 2 bridgehead atoms. The molecule has 0 spiro atoms. The van der Waals surface area contributed by atoms with Crippen molar-refractivity contribution in [3.63, 3.8) is 0 Å². The van der Waals surface area contributed by atoms with E-state index in [0.717, 1.165) is 0 Å². The second-order valence-corrected chi connectivity index (χ2v) is 5.35. The lowest BCUT2D eigenvalue weighted by atomic mass is 10.0. The smallest absolute Gasteiger partial charge is 0.411 e. The van der Waals surface area contributed by atoms with Crippen LogP contribution in [0.4, 0.5) is 4.79 Å². The summed E-state index contributed by atoms with van der Waals surface area (Å²) in [5.74, 6) is 0.222. The fourth-order valence-corrected chi connectivity index (χ4v) is 2.16. The van der Waals surface area contributed by atoms with Crippen molar-refractivity contribution >= 4 is 11.9 Å². The molecule has 2 heterocycles. The first-order valence-corrected chi connectivity index (χ1v) is 5.58. The van der Waals surface area contributed by atoms with Gasteiger partial charge in [0.2, 0.25) is 0 Å². The summed E-state index contributed by atoms with van der Waals surface area (Å²) >= 11 is 0. The monoisotopic (exact) mass is 223 g/mol. The van der Waals surface area contributed by atoms with Crippen LogP contribution in [-0.2, 0) is 9.53 Å². The number of carbonyl (C=O) groups excluding carboxylic acids is 2. The summed E-state index contributed by atoms with van der Waals surface area (Å²) in [7, 11) is 0. The highest BCUT2D eigenvalue weighted by Gasteiger charge is 2.41. The molecule has 0 unspecified atom stereocenters. The Morgan fingerprint density at radius 1 is 1.31 bits per heavy atom. The van der Waals surface area contributed by atoms with E-state index in [1.54, 1.807) is 4.90 Å². The zero-order valence-corrected chi connectivity index (χ0v) is 9.90. The first kappa shape index (κ1) is 11.2. The van der Waals surface area contributed by atoms with Gasteiger partial charge in [-0.1, -0.05) is 12.2 Å². The number of ether oxygens (including phenoxy) is 1. The summed E-state index contributed by atoms with van der Waals surface area (Å²) in [4.78, 5) is 25.0. The second-order valence-electron chi connectivity index (χ2n) is 5.35. The number of hydrogen-bond donors (Lipinski definition) is 0. The van der Waals surface area contributed by atoms with E-state index in [-0.39, 0.29) is 24.0 Å². The van der Waals surface area contributed by atoms with Crippen molar-refractivity contribution in [2.45, 2.75) is 51.3 Å². The minimum atomic E-state index is -0.488. The fraction of sp³-hybridized carbons (Fsp3) is 0.667. The average Bonchev–Trinajstić information content (AvgIpc) is 2.36. The Morgan fingerprint density at radius 3 is 2.25 bits per heavy atom. The fourth-order valence-electron chi connectivity index (χ4n) is 2.16. The number of piperidine rings is 1. The molecule has 0 N–H and O–H groups in total. The molecule has 0 aromatic heterocycles. The molecule has 0 aromatic carbocycles. The molecule has 0 saturated carbocycles. The number of nitrogens with zero attached hydrogens (tertiary/aromatic N) is 1. The maximum absolute atomic E-state index is 11.9. The van der Waals surface area contributed by atoms with Gasteiger partial charge in [0.1, 0.15) is 11.4 Å². The van der Waals surface area contributed by atoms with E-state index in [2.05, 4.69) is 0 Å². The lowest BCUT2D eigenvalue weighted by molar-refractivity contribution is -0.122. The molecule has 1 saturated heterocycles. The summed E-state index contributed by atoms with van der Waals surface area (Å²) in [6.45, 7) is 5.53. The lowest BCUT2D eigenvalue weighted by Gasteiger charge is -2.35. The van der Waals surface area contributed by atoms with Crippen molar-refractivity contribution in [3.8, 4) is 0 Å². The van der Waals surface area contributed by atoms with Gasteiger partial charge in [-0.2, -0.15) is 0 Å². The minimum absolute atomic E-state index is 0.0962. The van der Waals surface area contributed by atoms with Crippen molar-refractivity contribution in [2.24, 2.45) is 0 Å². The molecular formula is C12H17NO3. The van der Waals surface area contributed by atoms with Crippen molar-refractivity contribution in [2.75, 3.05) is 0 Å². The quantitative estimate of drug-likeness (QED) is 0.589. The molecule has 4 nitrogen and oxygen atoms in total. The summed E-state index contributed by atoms with van der Waals surface area (Å²) in [6.07, 6.45) is 4.39. The Labute approximate surface area is 95.2 Å². The molecule has 2 aliphatic rings. The van der Waals surface area contributed by atoms with Crippen LogP contribution in [0.15, 0.2) is 12.2 Å². The SMILES string of the molecule is CC(C)(C)OC(=O)N1[C@@H]2C=C[C@@H]1CC(=O)C2. The lowest BCUT2D eigenvalue weighted by Crippen LogP contribution is -2.49. The number of carbonyl (C=O) groups is 2. The van der Waals surface area contributed by atoms with Gasteiger partial charge in [0.05, 0.1) is 12.1 Å². The molecule has 1 fully saturated rings. The van der Waals surface area contributed by atoms with Crippen LogP contribution in [0.25, 0.3) is 0 Å². The highest BCUT2D eigenvalue weighted by molar-refractivity contribution is 5.85. The molecule has 2 aliphatic heterocycles. The summed E-state index contributed by atoms with van der Waals surface area (Å²) in [5.41, 5.74) is -0.488. The topological polar surface area (TPSA) is 46.6 Å². The third kappa shape index (κ3) is 2.10. The van der Waals surface area contributed by atoms with Crippen LogP contribution in [0, 0.1) is 0 Å². The number of fused-ring (bicyclic) bond motifs is 2. The van der Waals surface area contributed by atoms with E-state index >= 15 is 0 Å². The van der Waals surface area contributed by atoms with Gasteiger partial charge in [-0.15, -0.1) is 0 Å². The van der Waals surface area contributed by atoms with E-state index in [0.29, 0.717) is 12.8 Å². The Hall–Kier alpha value is -1.32. The maximum Gasteiger partial charge on any atom is 0.411 e. The van der Waals surface area contributed by atoms with Crippen LogP contribution in [0.5, 0.6) is 0 Å². The Balaban J connectivity index is 2.07. The third-order valence-corrected chi connectivity index (χ3v) is 2.75. The molecule has 2 rings (SSSR count). The first-order chi connectivity index (χ1) is 7.37. The van der Waals surface area contributed by atoms with Crippen molar-refractivity contribution in [1.82, 2.24) is 4.90 Å². The van der Waals surface area contributed by atoms with Gasteiger partial charge in [0.25, 0.3) is 0 Å².